The standard InChI is InChI=1S/C10H9N3O/c11-10(14)13-6-5-8-3-1-2-4-9(8)12-7-13/h1-7H,(H2,11,14). The highest BCUT2D eigenvalue weighted by Gasteiger charge is 2.06. The molecular formula is C10H9N3O. The summed E-state index contributed by atoms with van der Waals surface area (Å²) in [6.45, 7) is 0. The topological polar surface area (TPSA) is 58.7 Å². The van der Waals surface area contributed by atoms with E-state index in [1.165, 1.54) is 11.2 Å². The first-order valence-corrected chi connectivity index (χ1v) is 4.16. The van der Waals surface area contributed by atoms with Crippen LogP contribution in [0.4, 0.5) is 10.5 Å². The van der Waals surface area contributed by atoms with Crippen molar-refractivity contribution in [1.29, 1.82) is 0 Å². The van der Waals surface area contributed by atoms with Gasteiger partial charge in [0.15, 0.2) is 0 Å². The van der Waals surface area contributed by atoms with E-state index in [9.17, 15) is 4.79 Å². The molecule has 0 atom stereocenters. The number of carbonyl (C=O) groups excluding carboxylic acids is 1. The van der Waals surface area contributed by atoms with Gasteiger partial charge in [0, 0.05) is 11.8 Å². The number of aliphatic imine (C=N–C) groups is 1. The minimum atomic E-state index is -0.544. The van der Waals surface area contributed by atoms with Gasteiger partial charge in [0.05, 0.1) is 5.69 Å². The fourth-order valence-electron chi connectivity index (χ4n) is 1.20. The van der Waals surface area contributed by atoms with Crippen molar-refractivity contribution in [3.05, 3.63) is 36.0 Å². The Kier molecular flexibility index (Phi) is 2.02. The fourth-order valence-corrected chi connectivity index (χ4v) is 1.20. The molecule has 0 spiro atoms. The zero-order chi connectivity index (χ0) is 9.97. The maximum atomic E-state index is 10.9. The third-order valence-electron chi connectivity index (χ3n) is 1.93. The Morgan fingerprint density at radius 1 is 1.36 bits per heavy atom. The number of fused-ring (bicyclic) bond motifs is 1. The van der Waals surface area contributed by atoms with Crippen molar-refractivity contribution >= 4 is 24.1 Å². The lowest BCUT2D eigenvalue weighted by Crippen LogP contribution is -2.29. The largest absolute Gasteiger partial charge is 0.351 e. The lowest BCUT2D eigenvalue weighted by Gasteiger charge is -2.05. The summed E-state index contributed by atoms with van der Waals surface area (Å²) < 4.78 is 0. The molecule has 0 unspecified atom stereocenters. The normalized spacial score (nSPS) is 13.6. The maximum absolute atomic E-state index is 10.9. The van der Waals surface area contributed by atoms with Crippen LogP contribution in [0, 0.1) is 0 Å². The van der Waals surface area contributed by atoms with Crippen LogP contribution in [-0.2, 0) is 0 Å². The van der Waals surface area contributed by atoms with E-state index in [1.807, 2.05) is 24.3 Å². The molecule has 2 N–H and O–H groups in total. The second-order valence-corrected chi connectivity index (χ2v) is 2.86. The van der Waals surface area contributed by atoms with Gasteiger partial charge in [0.1, 0.15) is 6.34 Å². The number of amides is 2. The number of nitrogens with zero attached hydrogens (tertiary/aromatic N) is 2. The Bertz CT molecular complexity index is 390. The predicted octanol–water partition coefficient (Wildman–Crippen LogP) is 1.71. The number of primary amides is 1. The summed E-state index contributed by atoms with van der Waals surface area (Å²) in [5, 5.41) is 0. The molecule has 0 radical (unpaired) electrons. The number of benzene rings is 1. The number of nitrogens with two attached hydrogens (primary N) is 1. The summed E-state index contributed by atoms with van der Waals surface area (Å²) >= 11 is 0. The zero-order valence-electron chi connectivity index (χ0n) is 7.42. The van der Waals surface area contributed by atoms with Crippen LogP contribution in [0.5, 0.6) is 0 Å². The van der Waals surface area contributed by atoms with E-state index < -0.39 is 6.03 Å². The summed E-state index contributed by atoms with van der Waals surface area (Å²) in [6.07, 6.45) is 4.80. The smallest absolute Gasteiger partial charge is 0.324 e. The Morgan fingerprint density at radius 3 is 2.93 bits per heavy atom. The molecule has 1 aliphatic heterocycles. The molecule has 2 amide bonds. The van der Waals surface area contributed by atoms with Crippen molar-refractivity contribution in [1.82, 2.24) is 4.90 Å². The van der Waals surface area contributed by atoms with E-state index in [-0.39, 0.29) is 0 Å². The van der Waals surface area contributed by atoms with Crippen LogP contribution in [0.1, 0.15) is 5.56 Å². The SMILES string of the molecule is NC(=O)N1C=Cc2ccccc2N=C1. The summed E-state index contributed by atoms with van der Waals surface area (Å²) in [7, 11) is 0. The summed E-state index contributed by atoms with van der Waals surface area (Å²) in [5.74, 6) is 0. The number of carbonyl (C=O) groups is 1. The van der Waals surface area contributed by atoms with Crippen LogP contribution in [-0.4, -0.2) is 17.3 Å². The number of hydrogen-bond donors (Lipinski definition) is 1. The molecule has 1 heterocycles. The second kappa shape index (κ2) is 3.33. The molecule has 4 heteroatoms. The van der Waals surface area contributed by atoms with E-state index in [0.29, 0.717) is 0 Å². The molecule has 1 aromatic carbocycles. The first-order chi connectivity index (χ1) is 6.77. The molecule has 0 saturated heterocycles. The maximum Gasteiger partial charge on any atom is 0.324 e. The first-order valence-electron chi connectivity index (χ1n) is 4.16. The van der Waals surface area contributed by atoms with Gasteiger partial charge >= 0.3 is 6.03 Å². The molecule has 4 nitrogen and oxygen atoms in total. The van der Waals surface area contributed by atoms with Crippen LogP contribution < -0.4 is 5.73 Å². The van der Waals surface area contributed by atoms with E-state index in [0.717, 1.165) is 11.3 Å². The lowest BCUT2D eigenvalue weighted by atomic mass is 10.2. The molecule has 1 aliphatic rings. The summed E-state index contributed by atoms with van der Waals surface area (Å²) in [5.41, 5.74) is 6.91. The molecule has 14 heavy (non-hydrogen) atoms. The van der Waals surface area contributed by atoms with Gasteiger partial charge in [-0.2, -0.15) is 0 Å². The van der Waals surface area contributed by atoms with Crippen LogP contribution in [0.2, 0.25) is 0 Å². The monoisotopic (exact) mass is 187 g/mol. The van der Waals surface area contributed by atoms with Gasteiger partial charge in [0.2, 0.25) is 0 Å². The number of para-hydroxylation sites is 1. The van der Waals surface area contributed by atoms with Crippen molar-refractivity contribution in [3.8, 4) is 0 Å². The zero-order valence-corrected chi connectivity index (χ0v) is 7.42. The quantitative estimate of drug-likeness (QED) is 0.660. The van der Waals surface area contributed by atoms with Gasteiger partial charge in [-0.15, -0.1) is 0 Å². The van der Waals surface area contributed by atoms with Crippen molar-refractivity contribution < 1.29 is 4.79 Å². The number of urea groups is 1. The van der Waals surface area contributed by atoms with Gasteiger partial charge in [-0.3, -0.25) is 4.90 Å². The highest BCUT2D eigenvalue weighted by Crippen LogP contribution is 2.21. The highest BCUT2D eigenvalue weighted by atomic mass is 16.2. The molecular weight excluding hydrogens is 178 g/mol. The molecule has 0 aromatic heterocycles. The average Bonchev–Trinajstić information content (AvgIpc) is 2.39. The molecule has 0 aliphatic carbocycles. The molecule has 2 rings (SSSR count). The van der Waals surface area contributed by atoms with Gasteiger partial charge in [-0.25, -0.2) is 9.79 Å². The third-order valence-corrected chi connectivity index (χ3v) is 1.93. The fraction of sp³-hybridized carbons (Fsp3) is 0. The van der Waals surface area contributed by atoms with Crippen LogP contribution in [0.15, 0.2) is 35.5 Å². The van der Waals surface area contributed by atoms with E-state index in [2.05, 4.69) is 4.99 Å². The van der Waals surface area contributed by atoms with Gasteiger partial charge < -0.3 is 5.73 Å². The minimum Gasteiger partial charge on any atom is -0.351 e. The Balaban J connectivity index is 2.42. The molecule has 70 valence electrons. The third kappa shape index (κ3) is 1.50. The van der Waals surface area contributed by atoms with E-state index in [4.69, 9.17) is 5.73 Å². The van der Waals surface area contributed by atoms with Gasteiger partial charge in [0.25, 0.3) is 0 Å². The Hall–Kier alpha value is -2.10. The lowest BCUT2D eigenvalue weighted by molar-refractivity contribution is 0.239. The van der Waals surface area contributed by atoms with E-state index >= 15 is 0 Å². The number of hydrogen-bond acceptors (Lipinski definition) is 2. The summed E-state index contributed by atoms with van der Waals surface area (Å²) in [4.78, 5) is 16.2. The molecule has 1 aromatic rings. The van der Waals surface area contributed by atoms with Crippen molar-refractivity contribution in [3.63, 3.8) is 0 Å². The molecule has 0 saturated carbocycles. The van der Waals surface area contributed by atoms with E-state index in [1.54, 1.807) is 12.3 Å². The van der Waals surface area contributed by atoms with Crippen molar-refractivity contribution in [2.45, 2.75) is 0 Å². The molecule has 0 bridgehead atoms. The Morgan fingerprint density at radius 2 is 2.14 bits per heavy atom. The molecule has 0 fully saturated rings. The van der Waals surface area contributed by atoms with Gasteiger partial charge in [-0.1, -0.05) is 18.2 Å². The summed E-state index contributed by atoms with van der Waals surface area (Å²) in [6, 6.07) is 7.06. The second-order valence-electron chi connectivity index (χ2n) is 2.86. The van der Waals surface area contributed by atoms with Gasteiger partial charge in [-0.05, 0) is 12.1 Å². The van der Waals surface area contributed by atoms with Crippen molar-refractivity contribution in [2.24, 2.45) is 10.7 Å². The van der Waals surface area contributed by atoms with Crippen LogP contribution in [0.25, 0.3) is 6.08 Å². The van der Waals surface area contributed by atoms with Crippen LogP contribution >= 0.6 is 0 Å². The van der Waals surface area contributed by atoms with Crippen LogP contribution in [0.3, 0.4) is 0 Å². The highest BCUT2D eigenvalue weighted by molar-refractivity contribution is 5.90. The Labute approximate surface area is 81.4 Å². The first kappa shape index (κ1) is 8.50. The van der Waals surface area contributed by atoms with Crippen molar-refractivity contribution in [2.75, 3.05) is 0 Å². The minimum absolute atomic E-state index is 0.544. The number of rotatable bonds is 0. The average molecular weight is 187 g/mol. The predicted molar refractivity (Wildman–Crippen MR) is 55.1 cm³/mol.